The van der Waals surface area contributed by atoms with Crippen LogP contribution in [0.1, 0.15) is 10.4 Å². The Morgan fingerprint density at radius 3 is 2.48 bits per heavy atom. The summed E-state index contributed by atoms with van der Waals surface area (Å²) in [5.41, 5.74) is -0.181. The summed E-state index contributed by atoms with van der Waals surface area (Å²) in [6.07, 6.45) is 0. The quantitative estimate of drug-likeness (QED) is 0.833. The first kappa shape index (κ1) is 17.4. The Labute approximate surface area is 142 Å². The first-order valence-corrected chi connectivity index (χ1v) is 8.37. The molecule has 2 aromatic rings. The van der Waals surface area contributed by atoms with E-state index in [2.05, 4.69) is 4.72 Å². The number of halogens is 2. The Hall–Kier alpha value is -1.96. The maximum atomic E-state index is 12.4. The van der Waals surface area contributed by atoms with Crippen LogP contribution in [0, 0.1) is 0 Å². The molecule has 0 bridgehead atoms. The fourth-order valence-electron chi connectivity index (χ4n) is 1.80. The molecule has 0 aromatic heterocycles. The normalized spacial score (nSPS) is 11.1. The number of rotatable bonds is 5. The minimum Gasteiger partial charge on any atom is -0.495 e. The van der Waals surface area contributed by atoms with Crippen LogP contribution < -0.4 is 9.46 Å². The number of anilines is 1. The summed E-state index contributed by atoms with van der Waals surface area (Å²) in [6.45, 7) is 0. The van der Waals surface area contributed by atoms with Gasteiger partial charge in [0.25, 0.3) is 10.0 Å². The van der Waals surface area contributed by atoms with Crippen LogP contribution in [0.2, 0.25) is 10.0 Å². The number of methoxy groups -OCH3 is 1. The summed E-state index contributed by atoms with van der Waals surface area (Å²) < 4.78 is 32.2. The van der Waals surface area contributed by atoms with Gasteiger partial charge in [-0.2, -0.15) is 0 Å². The zero-order valence-corrected chi connectivity index (χ0v) is 14.0. The average molecular weight is 376 g/mol. The number of aromatic carboxylic acids is 1. The predicted octanol–water partition coefficient (Wildman–Crippen LogP) is 3.50. The number of hydrogen-bond acceptors (Lipinski definition) is 4. The number of benzene rings is 2. The molecule has 0 aliphatic rings. The number of carboxylic acids is 1. The zero-order valence-electron chi connectivity index (χ0n) is 11.7. The molecule has 2 N–H and O–H groups in total. The van der Waals surface area contributed by atoms with Crippen molar-refractivity contribution in [1.82, 2.24) is 0 Å². The van der Waals surface area contributed by atoms with E-state index in [1.54, 1.807) is 6.07 Å². The van der Waals surface area contributed by atoms with Crippen LogP contribution >= 0.6 is 23.2 Å². The van der Waals surface area contributed by atoms with Crippen molar-refractivity contribution in [1.29, 1.82) is 0 Å². The lowest BCUT2D eigenvalue weighted by Crippen LogP contribution is -2.14. The molecule has 122 valence electrons. The van der Waals surface area contributed by atoms with Crippen LogP contribution in [0.4, 0.5) is 5.69 Å². The lowest BCUT2D eigenvalue weighted by atomic mass is 10.2. The summed E-state index contributed by atoms with van der Waals surface area (Å²) in [7, 11) is -2.67. The summed E-state index contributed by atoms with van der Waals surface area (Å²) >= 11 is 11.6. The van der Waals surface area contributed by atoms with Crippen LogP contribution in [0.15, 0.2) is 41.3 Å². The molecule has 23 heavy (non-hydrogen) atoms. The third-order valence-electron chi connectivity index (χ3n) is 2.88. The minimum absolute atomic E-state index is 0.0585. The maximum Gasteiger partial charge on any atom is 0.337 e. The average Bonchev–Trinajstić information content (AvgIpc) is 2.47. The van der Waals surface area contributed by atoms with Gasteiger partial charge in [-0.1, -0.05) is 23.2 Å². The molecule has 0 heterocycles. The van der Waals surface area contributed by atoms with E-state index in [0.717, 1.165) is 6.07 Å². The molecule has 0 radical (unpaired) electrons. The molecule has 0 saturated carbocycles. The molecule has 0 unspecified atom stereocenters. The molecule has 6 nitrogen and oxygen atoms in total. The first-order chi connectivity index (χ1) is 10.7. The van der Waals surface area contributed by atoms with Gasteiger partial charge in [0.2, 0.25) is 0 Å². The predicted molar refractivity (Wildman–Crippen MR) is 87.2 cm³/mol. The van der Waals surface area contributed by atoms with E-state index in [9.17, 15) is 13.2 Å². The molecule has 0 aliphatic carbocycles. The van der Waals surface area contributed by atoms with Crippen LogP contribution in [0.5, 0.6) is 5.75 Å². The number of ether oxygens (including phenoxy) is 1. The number of hydrogen-bond donors (Lipinski definition) is 2. The van der Waals surface area contributed by atoms with Crippen molar-refractivity contribution in [3.05, 3.63) is 52.0 Å². The van der Waals surface area contributed by atoms with E-state index in [0.29, 0.717) is 5.02 Å². The molecule has 9 heteroatoms. The van der Waals surface area contributed by atoms with E-state index in [1.807, 2.05) is 0 Å². The van der Waals surface area contributed by atoms with E-state index in [-0.39, 0.29) is 26.9 Å². The molecule has 0 amide bonds. The molecule has 0 fully saturated rings. The Bertz CT molecular complexity index is 867. The lowest BCUT2D eigenvalue weighted by molar-refractivity contribution is 0.0697. The van der Waals surface area contributed by atoms with E-state index >= 15 is 0 Å². The fraction of sp³-hybridized carbons (Fsp3) is 0.0714. The third-order valence-corrected chi connectivity index (χ3v) is 4.81. The van der Waals surface area contributed by atoms with Crippen molar-refractivity contribution >= 4 is 44.9 Å². The van der Waals surface area contributed by atoms with Gasteiger partial charge in [0, 0.05) is 5.02 Å². The SMILES string of the molecule is COc1ccc(Cl)cc1NS(=O)(=O)c1ccc(Cl)c(C(=O)O)c1. The molecule has 0 aliphatic heterocycles. The second-order valence-electron chi connectivity index (χ2n) is 4.40. The highest BCUT2D eigenvalue weighted by molar-refractivity contribution is 7.92. The molecule has 0 spiro atoms. The summed E-state index contributed by atoms with van der Waals surface area (Å²) in [4.78, 5) is 10.8. The highest BCUT2D eigenvalue weighted by Gasteiger charge is 2.20. The summed E-state index contributed by atoms with van der Waals surface area (Å²) in [5.74, 6) is -1.06. The van der Waals surface area contributed by atoms with Gasteiger partial charge in [-0.25, -0.2) is 13.2 Å². The van der Waals surface area contributed by atoms with E-state index < -0.39 is 16.0 Å². The number of sulfonamides is 1. The topological polar surface area (TPSA) is 92.7 Å². The molecule has 2 aromatic carbocycles. The minimum atomic E-state index is -4.05. The monoisotopic (exact) mass is 375 g/mol. The number of carbonyl (C=O) groups is 1. The fourth-order valence-corrected chi connectivity index (χ4v) is 3.26. The Kier molecular flexibility index (Phi) is 5.03. The molecule has 0 atom stereocenters. The van der Waals surface area contributed by atoms with Crippen molar-refractivity contribution in [2.45, 2.75) is 4.90 Å². The smallest absolute Gasteiger partial charge is 0.337 e. The van der Waals surface area contributed by atoms with Gasteiger partial charge in [0.05, 0.1) is 28.3 Å². The Morgan fingerprint density at radius 1 is 1.17 bits per heavy atom. The molecule has 0 saturated heterocycles. The number of carboxylic acid groups (broad SMARTS) is 1. The van der Waals surface area contributed by atoms with Crippen LogP contribution in [-0.4, -0.2) is 26.6 Å². The van der Waals surface area contributed by atoms with Crippen molar-refractivity contribution in [3.63, 3.8) is 0 Å². The highest BCUT2D eigenvalue weighted by Crippen LogP contribution is 2.30. The van der Waals surface area contributed by atoms with Crippen molar-refractivity contribution in [3.8, 4) is 5.75 Å². The lowest BCUT2D eigenvalue weighted by Gasteiger charge is -2.12. The largest absolute Gasteiger partial charge is 0.495 e. The van der Waals surface area contributed by atoms with Crippen LogP contribution in [-0.2, 0) is 10.0 Å². The van der Waals surface area contributed by atoms with Crippen LogP contribution in [0.25, 0.3) is 0 Å². The Morgan fingerprint density at radius 2 is 1.87 bits per heavy atom. The second-order valence-corrected chi connectivity index (χ2v) is 6.92. The van der Waals surface area contributed by atoms with Gasteiger partial charge in [-0.15, -0.1) is 0 Å². The Balaban J connectivity index is 2.46. The van der Waals surface area contributed by atoms with Gasteiger partial charge in [-0.05, 0) is 36.4 Å². The second kappa shape index (κ2) is 6.66. The highest BCUT2D eigenvalue weighted by atomic mass is 35.5. The number of nitrogens with one attached hydrogen (secondary N) is 1. The van der Waals surface area contributed by atoms with E-state index in [4.69, 9.17) is 33.0 Å². The molecular weight excluding hydrogens is 365 g/mol. The maximum absolute atomic E-state index is 12.4. The van der Waals surface area contributed by atoms with E-state index in [1.165, 1.54) is 31.4 Å². The molecule has 2 rings (SSSR count). The molecular formula is C14H11Cl2NO5S. The van der Waals surface area contributed by atoms with Crippen molar-refractivity contribution < 1.29 is 23.1 Å². The van der Waals surface area contributed by atoms with Gasteiger partial charge >= 0.3 is 5.97 Å². The van der Waals surface area contributed by atoms with Crippen molar-refractivity contribution in [2.75, 3.05) is 11.8 Å². The zero-order chi connectivity index (χ0) is 17.2. The third kappa shape index (κ3) is 3.87. The van der Waals surface area contributed by atoms with Gasteiger partial charge in [0.1, 0.15) is 5.75 Å². The standard InChI is InChI=1S/C14H11Cl2NO5S/c1-22-13-5-2-8(15)6-12(13)17-23(20,21)9-3-4-11(16)10(7-9)14(18)19/h2-7,17H,1H3,(H,18,19). The first-order valence-electron chi connectivity index (χ1n) is 6.14. The van der Waals surface area contributed by atoms with Gasteiger partial charge in [0.15, 0.2) is 0 Å². The van der Waals surface area contributed by atoms with Gasteiger partial charge in [-0.3, -0.25) is 4.72 Å². The van der Waals surface area contributed by atoms with Crippen molar-refractivity contribution in [2.24, 2.45) is 0 Å². The summed E-state index contributed by atoms with van der Waals surface area (Å²) in [5, 5.41) is 9.28. The summed E-state index contributed by atoms with van der Waals surface area (Å²) in [6, 6.07) is 7.81. The van der Waals surface area contributed by atoms with Crippen LogP contribution in [0.3, 0.4) is 0 Å². The van der Waals surface area contributed by atoms with Gasteiger partial charge < -0.3 is 9.84 Å².